The number of carbonyl (C=O) groups excluding carboxylic acids is 2. The van der Waals surface area contributed by atoms with Gasteiger partial charge in [-0.1, -0.05) is 6.07 Å². The molecule has 12 heteroatoms. The second-order valence-corrected chi connectivity index (χ2v) is 9.94. The average molecular weight is 560 g/mol. The molecule has 1 atom stereocenters. The molecule has 2 aromatic rings. The number of amides is 2. The number of halogens is 6. The summed E-state index contributed by atoms with van der Waals surface area (Å²) in [6, 6.07) is 5.85. The van der Waals surface area contributed by atoms with Crippen LogP contribution in [0.4, 0.5) is 42.5 Å². The maximum atomic E-state index is 13.4. The van der Waals surface area contributed by atoms with Crippen LogP contribution in [-0.2, 0) is 28.4 Å². The van der Waals surface area contributed by atoms with Gasteiger partial charge in [0.1, 0.15) is 0 Å². The monoisotopic (exact) mass is 559 g/mol. The zero-order valence-corrected chi connectivity index (χ0v) is 22.3. The van der Waals surface area contributed by atoms with Gasteiger partial charge in [0, 0.05) is 39.8 Å². The van der Waals surface area contributed by atoms with Crippen LogP contribution in [0.2, 0.25) is 0 Å². The van der Waals surface area contributed by atoms with E-state index in [0.717, 1.165) is 5.69 Å². The highest BCUT2D eigenvalue weighted by molar-refractivity contribution is 5.90. The van der Waals surface area contributed by atoms with Gasteiger partial charge in [-0.05, 0) is 68.1 Å². The van der Waals surface area contributed by atoms with E-state index in [1.165, 1.54) is 16.7 Å². The van der Waals surface area contributed by atoms with Gasteiger partial charge in [0.2, 0.25) is 5.91 Å². The van der Waals surface area contributed by atoms with Crippen molar-refractivity contribution in [2.24, 2.45) is 0 Å². The van der Waals surface area contributed by atoms with Crippen LogP contribution in [0.5, 0.6) is 0 Å². The fraction of sp³-hybridized carbons (Fsp3) is 0.481. The first kappa shape index (κ1) is 30.1. The molecule has 39 heavy (non-hydrogen) atoms. The highest BCUT2D eigenvalue weighted by atomic mass is 19.4. The number of carbonyl (C=O) groups is 2. The van der Waals surface area contributed by atoms with Crippen molar-refractivity contribution in [1.82, 2.24) is 4.90 Å². The molecule has 0 radical (unpaired) electrons. The molecular weight excluding hydrogens is 528 g/mol. The summed E-state index contributed by atoms with van der Waals surface area (Å²) in [6.07, 6.45) is -10.3. The van der Waals surface area contributed by atoms with E-state index in [9.17, 15) is 35.9 Å². The lowest BCUT2D eigenvalue weighted by atomic mass is 9.97. The van der Waals surface area contributed by atoms with Crippen molar-refractivity contribution in [1.29, 1.82) is 0 Å². The van der Waals surface area contributed by atoms with Crippen molar-refractivity contribution in [3.8, 4) is 0 Å². The Morgan fingerprint density at radius 3 is 2.08 bits per heavy atom. The van der Waals surface area contributed by atoms with Gasteiger partial charge in [-0.3, -0.25) is 9.69 Å². The number of hydrogen-bond donors (Lipinski definition) is 0. The molecule has 0 aromatic heterocycles. The summed E-state index contributed by atoms with van der Waals surface area (Å²) in [4.78, 5) is 30.3. The normalized spacial score (nSPS) is 16.0. The molecule has 1 heterocycles. The Morgan fingerprint density at radius 2 is 1.59 bits per heavy atom. The van der Waals surface area contributed by atoms with Gasteiger partial charge in [-0.25, -0.2) is 4.79 Å². The molecule has 3 rings (SSSR count). The van der Waals surface area contributed by atoms with Crippen molar-refractivity contribution < 1.29 is 40.7 Å². The number of alkyl halides is 6. The van der Waals surface area contributed by atoms with E-state index in [0.29, 0.717) is 36.2 Å². The van der Waals surface area contributed by atoms with Crippen LogP contribution < -0.4 is 9.80 Å². The molecule has 0 spiro atoms. The smallest absolute Gasteiger partial charge is 0.416 e. The third-order valence-electron chi connectivity index (χ3n) is 6.38. The molecule has 0 N–H and O–H groups in total. The number of rotatable bonds is 5. The second-order valence-electron chi connectivity index (χ2n) is 9.94. The van der Waals surface area contributed by atoms with Crippen molar-refractivity contribution in [3.05, 3.63) is 58.7 Å². The summed E-state index contributed by atoms with van der Waals surface area (Å²) in [5.41, 5.74) is -1.46. The third-order valence-corrected chi connectivity index (χ3v) is 6.38. The summed E-state index contributed by atoms with van der Waals surface area (Å²) in [6.45, 7) is 4.38. The maximum Gasteiger partial charge on any atom is 0.416 e. The SMILES string of the molecule is CC(=O)N(Cc1cc(C(F)(F)F)cc(C(F)(F)F)c1)C1CCCN(C(=O)OC(C)C)c2cc(N(C)C)ccc21. The van der Waals surface area contributed by atoms with E-state index in [-0.39, 0.29) is 18.2 Å². The molecular formula is C27H31F6N3O3. The first-order chi connectivity index (χ1) is 18.0. The number of benzene rings is 2. The lowest BCUT2D eigenvalue weighted by Crippen LogP contribution is -2.35. The standard InChI is InChI=1S/C27H31F6N3O3/c1-16(2)39-25(38)35-10-6-7-23(22-9-8-21(34(4)5)14-24(22)35)36(17(3)37)15-18-11-19(26(28,29)30)13-20(12-18)27(31,32)33/h8-9,11-14,16,23H,6-7,10,15H2,1-5H3. The van der Waals surface area contributed by atoms with Crippen LogP contribution >= 0.6 is 0 Å². The quantitative estimate of drug-likeness (QED) is 0.370. The van der Waals surface area contributed by atoms with Gasteiger partial charge >= 0.3 is 18.4 Å². The number of fused-ring (bicyclic) bond motifs is 1. The Kier molecular flexibility index (Phi) is 8.76. The Hall–Kier alpha value is -3.44. The molecule has 0 aliphatic carbocycles. The number of anilines is 2. The maximum absolute atomic E-state index is 13.4. The molecule has 0 saturated carbocycles. The first-order valence-electron chi connectivity index (χ1n) is 12.3. The molecule has 0 bridgehead atoms. The second kappa shape index (κ2) is 11.4. The van der Waals surface area contributed by atoms with Gasteiger partial charge in [-0.2, -0.15) is 26.3 Å². The molecule has 0 fully saturated rings. The minimum Gasteiger partial charge on any atom is -0.446 e. The van der Waals surface area contributed by atoms with E-state index >= 15 is 0 Å². The minimum atomic E-state index is -5.01. The van der Waals surface area contributed by atoms with E-state index in [1.807, 2.05) is 4.90 Å². The van der Waals surface area contributed by atoms with Gasteiger partial charge in [-0.15, -0.1) is 0 Å². The molecule has 1 unspecified atom stereocenters. The lowest BCUT2D eigenvalue weighted by molar-refractivity contribution is -0.143. The highest BCUT2D eigenvalue weighted by Gasteiger charge is 2.38. The lowest BCUT2D eigenvalue weighted by Gasteiger charge is -2.33. The Labute approximate surface area is 223 Å². The Morgan fingerprint density at radius 1 is 1.00 bits per heavy atom. The molecule has 1 aliphatic heterocycles. The molecule has 0 saturated heterocycles. The molecule has 2 aromatic carbocycles. The van der Waals surface area contributed by atoms with Crippen LogP contribution in [0.1, 0.15) is 61.9 Å². The molecule has 6 nitrogen and oxygen atoms in total. The predicted octanol–water partition coefficient (Wildman–Crippen LogP) is 7.03. The zero-order valence-electron chi connectivity index (χ0n) is 22.3. The third kappa shape index (κ3) is 7.15. The number of nitrogens with zero attached hydrogens (tertiary/aromatic N) is 3. The fourth-order valence-corrected chi connectivity index (χ4v) is 4.57. The molecule has 1 aliphatic rings. The van der Waals surface area contributed by atoms with Crippen LogP contribution in [-0.4, -0.2) is 43.6 Å². The van der Waals surface area contributed by atoms with E-state index < -0.39 is 54.2 Å². The highest BCUT2D eigenvalue weighted by Crippen LogP contribution is 2.41. The Balaban J connectivity index is 2.12. The summed E-state index contributed by atoms with van der Waals surface area (Å²) < 4.78 is 86.1. The van der Waals surface area contributed by atoms with Gasteiger partial charge < -0.3 is 14.5 Å². The number of ether oxygens (including phenoxy) is 1. The zero-order chi connectivity index (χ0) is 29.3. The van der Waals surface area contributed by atoms with Crippen LogP contribution in [0.3, 0.4) is 0 Å². The first-order valence-corrected chi connectivity index (χ1v) is 12.3. The summed E-state index contributed by atoms with van der Waals surface area (Å²) >= 11 is 0. The van der Waals surface area contributed by atoms with Crippen LogP contribution in [0, 0.1) is 0 Å². The molecule has 214 valence electrons. The minimum absolute atomic E-state index is 0.0591. The topological polar surface area (TPSA) is 53.1 Å². The van der Waals surface area contributed by atoms with E-state index in [2.05, 4.69) is 0 Å². The summed E-state index contributed by atoms with van der Waals surface area (Å²) in [7, 11) is 3.61. The van der Waals surface area contributed by atoms with Crippen molar-refractivity contribution in [2.75, 3.05) is 30.4 Å². The molecule has 2 amide bonds. The Bertz CT molecular complexity index is 1180. The van der Waals surface area contributed by atoms with Gasteiger partial charge in [0.25, 0.3) is 0 Å². The van der Waals surface area contributed by atoms with E-state index in [4.69, 9.17) is 4.74 Å². The fourth-order valence-electron chi connectivity index (χ4n) is 4.57. The van der Waals surface area contributed by atoms with Gasteiger partial charge in [0.05, 0.1) is 29.0 Å². The van der Waals surface area contributed by atoms with Crippen molar-refractivity contribution in [2.45, 2.75) is 64.7 Å². The summed E-state index contributed by atoms with van der Waals surface area (Å²) in [5, 5.41) is 0. The number of hydrogen-bond acceptors (Lipinski definition) is 4. The predicted molar refractivity (Wildman–Crippen MR) is 134 cm³/mol. The van der Waals surface area contributed by atoms with Crippen molar-refractivity contribution >= 4 is 23.4 Å². The largest absolute Gasteiger partial charge is 0.446 e. The van der Waals surface area contributed by atoms with E-state index in [1.54, 1.807) is 46.1 Å². The van der Waals surface area contributed by atoms with Crippen LogP contribution in [0.25, 0.3) is 0 Å². The van der Waals surface area contributed by atoms with Crippen LogP contribution in [0.15, 0.2) is 36.4 Å². The summed E-state index contributed by atoms with van der Waals surface area (Å²) in [5.74, 6) is -0.535. The average Bonchev–Trinajstić information content (AvgIpc) is 2.99. The van der Waals surface area contributed by atoms with Crippen molar-refractivity contribution in [3.63, 3.8) is 0 Å². The van der Waals surface area contributed by atoms with Gasteiger partial charge in [0.15, 0.2) is 0 Å².